The minimum atomic E-state index is -0.103. The minimum Gasteiger partial charge on any atom is -0.339 e. The summed E-state index contributed by atoms with van der Waals surface area (Å²) in [6.45, 7) is 2.37. The average molecular weight is 415 g/mol. The molecule has 1 aromatic heterocycles. The van der Waals surface area contributed by atoms with Crippen molar-refractivity contribution in [3.8, 4) is 0 Å². The van der Waals surface area contributed by atoms with Crippen molar-refractivity contribution in [3.05, 3.63) is 50.9 Å². The van der Waals surface area contributed by atoms with Gasteiger partial charge >= 0.3 is 0 Å². The fourth-order valence-electron chi connectivity index (χ4n) is 2.74. The molecule has 0 radical (unpaired) electrons. The number of aromatic nitrogens is 1. The van der Waals surface area contributed by atoms with E-state index in [1.165, 1.54) is 11.3 Å². The van der Waals surface area contributed by atoms with Gasteiger partial charge in [0.2, 0.25) is 5.91 Å². The zero-order valence-electron chi connectivity index (χ0n) is 14.1. The van der Waals surface area contributed by atoms with Gasteiger partial charge in [-0.15, -0.1) is 23.7 Å². The molecule has 0 bridgehead atoms. The molecule has 2 N–H and O–H groups in total. The number of benzene rings is 1. The molecule has 0 saturated carbocycles. The number of carbonyl (C=O) groups excluding carboxylic acids is 2. The molecular formula is C17H20Cl2N4O2S. The van der Waals surface area contributed by atoms with Gasteiger partial charge in [0.15, 0.2) is 0 Å². The Labute approximate surface area is 167 Å². The summed E-state index contributed by atoms with van der Waals surface area (Å²) in [5.74, 6) is -0.0755. The second kappa shape index (κ2) is 9.32. The zero-order chi connectivity index (χ0) is 17.8. The SMILES string of the molecule is Cl.NCc1nc(C(=O)N2CCN(C(=O)Cc3ccccc3Cl)CC2)cs1. The second-order valence-electron chi connectivity index (χ2n) is 5.77. The van der Waals surface area contributed by atoms with Crippen molar-refractivity contribution in [3.63, 3.8) is 0 Å². The monoisotopic (exact) mass is 414 g/mol. The second-order valence-corrected chi connectivity index (χ2v) is 7.12. The van der Waals surface area contributed by atoms with Gasteiger partial charge in [0.25, 0.3) is 5.91 Å². The van der Waals surface area contributed by atoms with E-state index in [2.05, 4.69) is 4.98 Å². The van der Waals surface area contributed by atoms with Crippen LogP contribution in [0, 0.1) is 0 Å². The van der Waals surface area contributed by atoms with Crippen molar-refractivity contribution < 1.29 is 9.59 Å². The molecule has 0 unspecified atom stereocenters. The topological polar surface area (TPSA) is 79.5 Å². The molecule has 2 amide bonds. The van der Waals surface area contributed by atoms with Crippen LogP contribution in [0.15, 0.2) is 29.6 Å². The molecular weight excluding hydrogens is 395 g/mol. The van der Waals surface area contributed by atoms with Crippen LogP contribution in [0.2, 0.25) is 5.02 Å². The fraction of sp³-hybridized carbons (Fsp3) is 0.353. The summed E-state index contributed by atoms with van der Waals surface area (Å²) < 4.78 is 0. The highest BCUT2D eigenvalue weighted by atomic mass is 35.5. The summed E-state index contributed by atoms with van der Waals surface area (Å²) in [4.78, 5) is 32.6. The number of piperazine rings is 1. The van der Waals surface area contributed by atoms with Gasteiger partial charge in [-0.25, -0.2) is 4.98 Å². The normalized spacial score (nSPS) is 14.1. The Morgan fingerprint density at radius 3 is 2.42 bits per heavy atom. The number of hydrogen-bond acceptors (Lipinski definition) is 5. The molecule has 9 heteroatoms. The van der Waals surface area contributed by atoms with E-state index in [9.17, 15) is 9.59 Å². The van der Waals surface area contributed by atoms with Crippen LogP contribution in [-0.2, 0) is 17.8 Å². The number of hydrogen-bond donors (Lipinski definition) is 1. The summed E-state index contributed by atoms with van der Waals surface area (Å²) in [5.41, 5.74) is 6.79. The van der Waals surface area contributed by atoms with E-state index in [1.807, 2.05) is 18.2 Å². The molecule has 6 nitrogen and oxygen atoms in total. The van der Waals surface area contributed by atoms with Gasteiger partial charge in [-0.05, 0) is 11.6 Å². The van der Waals surface area contributed by atoms with Crippen molar-refractivity contribution in [1.29, 1.82) is 0 Å². The van der Waals surface area contributed by atoms with E-state index >= 15 is 0 Å². The van der Waals surface area contributed by atoms with Gasteiger partial charge in [-0.1, -0.05) is 29.8 Å². The predicted molar refractivity (Wildman–Crippen MR) is 105 cm³/mol. The lowest BCUT2D eigenvalue weighted by Gasteiger charge is -2.34. The number of thiazole rings is 1. The van der Waals surface area contributed by atoms with Crippen LogP contribution in [-0.4, -0.2) is 52.8 Å². The Balaban J connectivity index is 0.00000243. The molecule has 1 aliphatic heterocycles. The standard InChI is InChI=1S/C17H19ClN4O2S.ClH/c18-13-4-2-1-3-12(13)9-16(23)21-5-7-22(8-6-21)17(24)14-11-25-15(10-19)20-14;/h1-4,11H,5-10,19H2;1H. The maximum atomic E-state index is 12.4. The maximum absolute atomic E-state index is 12.4. The first-order chi connectivity index (χ1) is 12.1. The van der Waals surface area contributed by atoms with Crippen molar-refractivity contribution in [1.82, 2.24) is 14.8 Å². The molecule has 1 aromatic carbocycles. The summed E-state index contributed by atoms with van der Waals surface area (Å²) in [7, 11) is 0. The van der Waals surface area contributed by atoms with Crippen LogP contribution in [0.5, 0.6) is 0 Å². The Bertz CT molecular complexity index is 776. The molecule has 1 fully saturated rings. The van der Waals surface area contributed by atoms with Crippen LogP contribution < -0.4 is 5.73 Å². The third-order valence-electron chi connectivity index (χ3n) is 4.16. The summed E-state index contributed by atoms with van der Waals surface area (Å²) >= 11 is 7.50. The Morgan fingerprint density at radius 2 is 1.81 bits per heavy atom. The van der Waals surface area contributed by atoms with Crippen LogP contribution in [0.25, 0.3) is 0 Å². The lowest BCUT2D eigenvalue weighted by molar-refractivity contribution is -0.131. The maximum Gasteiger partial charge on any atom is 0.273 e. The van der Waals surface area contributed by atoms with E-state index in [4.69, 9.17) is 17.3 Å². The van der Waals surface area contributed by atoms with Gasteiger partial charge in [0, 0.05) is 43.1 Å². The van der Waals surface area contributed by atoms with Crippen LogP contribution >= 0.6 is 35.3 Å². The Morgan fingerprint density at radius 1 is 1.15 bits per heavy atom. The molecule has 2 aromatic rings. The summed E-state index contributed by atoms with van der Waals surface area (Å²) in [6.07, 6.45) is 0.277. The highest BCUT2D eigenvalue weighted by molar-refractivity contribution is 7.09. The van der Waals surface area contributed by atoms with Crippen LogP contribution in [0.4, 0.5) is 0 Å². The smallest absolute Gasteiger partial charge is 0.273 e. The number of rotatable bonds is 4. The van der Waals surface area contributed by atoms with Crippen LogP contribution in [0.3, 0.4) is 0 Å². The van der Waals surface area contributed by atoms with Gasteiger partial charge in [-0.2, -0.15) is 0 Å². The third kappa shape index (κ3) is 4.73. The Hall–Kier alpha value is -1.67. The number of nitrogens with zero attached hydrogens (tertiary/aromatic N) is 3. The highest BCUT2D eigenvalue weighted by Gasteiger charge is 2.26. The number of halogens is 2. The first kappa shape index (κ1) is 20.6. The van der Waals surface area contributed by atoms with E-state index in [0.29, 0.717) is 43.4 Å². The van der Waals surface area contributed by atoms with Gasteiger partial charge in [0.05, 0.1) is 6.42 Å². The minimum absolute atomic E-state index is 0. The quantitative estimate of drug-likeness (QED) is 0.831. The molecule has 3 rings (SSSR count). The largest absolute Gasteiger partial charge is 0.339 e. The van der Waals surface area contributed by atoms with E-state index in [0.717, 1.165) is 10.6 Å². The zero-order valence-corrected chi connectivity index (χ0v) is 16.4. The molecule has 1 saturated heterocycles. The molecule has 0 spiro atoms. The fourth-order valence-corrected chi connectivity index (χ4v) is 3.59. The molecule has 0 atom stereocenters. The Kier molecular flexibility index (Phi) is 7.40. The first-order valence-electron chi connectivity index (χ1n) is 8.03. The third-order valence-corrected chi connectivity index (χ3v) is 5.40. The molecule has 2 heterocycles. The molecule has 0 aliphatic carbocycles. The lowest BCUT2D eigenvalue weighted by atomic mass is 10.1. The molecule has 140 valence electrons. The molecule has 1 aliphatic rings. The van der Waals surface area contributed by atoms with Crippen LogP contribution in [0.1, 0.15) is 21.1 Å². The van der Waals surface area contributed by atoms with Crippen molar-refractivity contribution >= 4 is 47.2 Å². The van der Waals surface area contributed by atoms with E-state index in [1.54, 1.807) is 21.2 Å². The van der Waals surface area contributed by atoms with Gasteiger partial charge < -0.3 is 15.5 Å². The van der Waals surface area contributed by atoms with Gasteiger partial charge in [-0.3, -0.25) is 9.59 Å². The highest BCUT2D eigenvalue weighted by Crippen LogP contribution is 2.17. The molecule has 26 heavy (non-hydrogen) atoms. The average Bonchev–Trinajstić information content (AvgIpc) is 3.12. The number of carbonyl (C=O) groups is 2. The van der Waals surface area contributed by atoms with Gasteiger partial charge in [0.1, 0.15) is 10.7 Å². The number of amides is 2. The van der Waals surface area contributed by atoms with Crippen molar-refractivity contribution in [2.24, 2.45) is 5.73 Å². The first-order valence-corrected chi connectivity index (χ1v) is 9.29. The van der Waals surface area contributed by atoms with Crippen molar-refractivity contribution in [2.75, 3.05) is 26.2 Å². The summed E-state index contributed by atoms with van der Waals surface area (Å²) in [5, 5.41) is 3.08. The summed E-state index contributed by atoms with van der Waals surface area (Å²) in [6, 6.07) is 7.35. The number of nitrogens with two attached hydrogens (primary N) is 1. The lowest BCUT2D eigenvalue weighted by Crippen LogP contribution is -2.51. The van der Waals surface area contributed by atoms with E-state index in [-0.39, 0.29) is 30.6 Å². The predicted octanol–water partition coefficient (Wildman–Crippen LogP) is 2.20. The van der Waals surface area contributed by atoms with Crippen molar-refractivity contribution in [2.45, 2.75) is 13.0 Å². The van der Waals surface area contributed by atoms with E-state index < -0.39 is 0 Å².